The number of nitrogens with zero attached hydrogens (tertiary/aromatic N) is 2. The number of oxazole rings is 1. The highest BCUT2D eigenvalue weighted by molar-refractivity contribution is 5.79. The number of ether oxygens (including phenoxy) is 2. The smallest absolute Gasteiger partial charge is 0.216 e. The van der Waals surface area contributed by atoms with Crippen LogP contribution >= 0.6 is 0 Å². The molecule has 0 fully saturated rings. The molecule has 27 heavy (non-hydrogen) atoms. The lowest BCUT2D eigenvalue weighted by Gasteiger charge is -2.11. The van der Waals surface area contributed by atoms with E-state index >= 15 is 0 Å². The Morgan fingerprint density at radius 2 is 1.96 bits per heavy atom. The first-order valence-corrected chi connectivity index (χ1v) is 9.28. The Labute approximate surface area is 161 Å². The number of hydrogen-bond acceptors (Lipinski definition) is 5. The van der Waals surface area contributed by atoms with Gasteiger partial charge in [-0.25, -0.2) is 9.98 Å². The van der Waals surface area contributed by atoms with Crippen molar-refractivity contribution in [3.63, 3.8) is 0 Å². The molecule has 1 aromatic heterocycles. The molecule has 7 heteroatoms. The van der Waals surface area contributed by atoms with Crippen molar-refractivity contribution >= 4 is 5.96 Å². The van der Waals surface area contributed by atoms with Gasteiger partial charge in [-0.05, 0) is 44.9 Å². The van der Waals surface area contributed by atoms with Crippen molar-refractivity contribution in [2.45, 2.75) is 40.3 Å². The Morgan fingerprint density at radius 1 is 1.19 bits per heavy atom. The zero-order valence-corrected chi connectivity index (χ0v) is 16.7. The maximum atomic E-state index is 5.71. The van der Waals surface area contributed by atoms with Crippen LogP contribution in [0.5, 0.6) is 5.75 Å². The van der Waals surface area contributed by atoms with Gasteiger partial charge in [-0.1, -0.05) is 12.1 Å². The third-order valence-corrected chi connectivity index (χ3v) is 3.98. The van der Waals surface area contributed by atoms with Gasteiger partial charge in [-0.2, -0.15) is 0 Å². The Hall–Kier alpha value is -2.54. The third-order valence-electron chi connectivity index (χ3n) is 3.98. The highest BCUT2D eigenvalue weighted by atomic mass is 16.5. The fraction of sp³-hybridized carbons (Fsp3) is 0.500. The van der Waals surface area contributed by atoms with E-state index in [9.17, 15) is 0 Å². The van der Waals surface area contributed by atoms with Gasteiger partial charge in [0, 0.05) is 19.7 Å². The lowest BCUT2D eigenvalue weighted by Crippen LogP contribution is -2.38. The lowest BCUT2D eigenvalue weighted by molar-refractivity contribution is 0.119. The highest BCUT2D eigenvalue weighted by Gasteiger charge is 2.05. The molecule has 0 aliphatic carbocycles. The quantitative estimate of drug-likeness (QED) is 0.378. The molecule has 7 nitrogen and oxygen atoms in total. The Bertz CT molecular complexity index is 691. The molecule has 0 amide bonds. The summed E-state index contributed by atoms with van der Waals surface area (Å²) in [5, 5.41) is 6.52. The molecule has 0 bridgehead atoms. The molecule has 0 aliphatic heterocycles. The topological polar surface area (TPSA) is 80.9 Å². The average Bonchev–Trinajstić information content (AvgIpc) is 3.00. The summed E-state index contributed by atoms with van der Waals surface area (Å²) in [5.41, 5.74) is 2.04. The molecule has 0 saturated heterocycles. The number of aryl methyl sites for hydroxylation is 2. The molecular formula is C20H30N4O3. The number of methoxy groups -OCH3 is 1. The summed E-state index contributed by atoms with van der Waals surface area (Å²) in [4.78, 5) is 8.85. The second-order valence-corrected chi connectivity index (χ2v) is 6.13. The maximum Gasteiger partial charge on any atom is 0.216 e. The molecule has 2 N–H and O–H groups in total. The van der Waals surface area contributed by atoms with Gasteiger partial charge >= 0.3 is 0 Å². The van der Waals surface area contributed by atoms with Crippen molar-refractivity contribution in [1.29, 1.82) is 0 Å². The molecule has 2 rings (SSSR count). The fourth-order valence-electron chi connectivity index (χ4n) is 2.39. The molecule has 0 unspecified atom stereocenters. The number of benzene rings is 1. The van der Waals surface area contributed by atoms with Crippen molar-refractivity contribution in [2.75, 3.05) is 26.8 Å². The van der Waals surface area contributed by atoms with E-state index in [0.717, 1.165) is 48.2 Å². The van der Waals surface area contributed by atoms with Crippen molar-refractivity contribution < 1.29 is 13.9 Å². The molecular weight excluding hydrogens is 344 g/mol. The minimum absolute atomic E-state index is 0.415. The van der Waals surface area contributed by atoms with Gasteiger partial charge in [0.2, 0.25) is 5.89 Å². The molecule has 2 aromatic rings. The van der Waals surface area contributed by atoms with Gasteiger partial charge in [0.1, 0.15) is 18.1 Å². The lowest BCUT2D eigenvalue weighted by atomic mass is 10.2. The summed E-state index contributed by atoms with van der Waals surface area (Å²) in [6.07, 6.45) is 0.887. The van der Waals surface area contributed by atoms with E-state index in [-0.39, 0.29) is 0 Å². The summed E-state index contributed by atoms with van der Waals surface area (Å²) in [6.45, 7) is 9.14. The Kier molecular flexibility index (Phi) is 8.64. The van der Waals surface area contributed by atoms with E-state index in [4.69, 9.17) is 13.9 Å². The monoisotopic (exact) mass is 374 g/mol. The van der Waals surface area contributed by atoms with E-state index in [2.05, 4.69) is 20.6 Å². The molecule has 1 aromatic carbocycles. The summed E-state index contributed by atoms with van der Waals surface area (Å²) in [5.74, 6) is 3.08. The number of aliphatic imine (C=N–C) groups is 1. The van der Waals surface area contributed by atoms with Crippen molar-refractivity contribution in [2.24, 2.45) is 4.99 Å². The highest BCUT2D eigenvalue weighted by Crippen LogP contribution is 2.12. The number of aromatic nitrogens is 1. The van der Waals surface area contributed by atoms with Gasteiger partial charge in [-0.15, -0.1) is 0 Å². The van der Waals surface area contributed by atoms with Crippen molar-refractivity contribution in [3.8, 4) is 5.75 Å². The average molecular weight is 374 g/mol. The van der Waals surface area contributed by atoms with Crippen molar-refractivity contribution in [3.05, 3.63) is 47.2 Å². The van der Waals surface area contributed by atoms with Crippen molar-refractivity contribution in [1.82, 2.24) is 15.6 Å². The largest absolute Gasteiger partial charge is 0.497 e. The van der Waals surface area contributed by atoms with Crippen LogP contribution in [0.25, 0.3) is 0 Å². The molecule has 148 valence electrons. The predicted octanol–water partition coefficient (Wildman–Crippen LogP) is 2.96. The van der Waals surface area contributed by atoms with Gasteiger partial charge in [0.25, 0.3) is 0 Å². The first kappa shape index (κ1) is 20.8. The second-order valence-electron chi connectivity index (χ2n) is 6.13. The van der Waals surface area contributed by atoms with Crippen LogP contribution in [0.3, 0.4) is 0 Å². The van der Waals surface area contributed by atoms with Gasteiger partial charge in [0.05, 0.1) is 19.4 Å². The Morgan fingerprint density at radius 3 is 2.59 bits per heavy atom. The normalized spacial score (nSPS) is 11.5. The minimum Gasteiger partial charge on any atom is -0.497 e. The van der Waals surface area contributed by atoms with Crippen LogP contribution in [-0.2, 0) is 17.9 Å². The van der Waals surface area contributed by atoms with Crippen LogP contribution in [0.1, 0.15) is 36.3 Å². The van der Waals surface area contributed by atoms with Gasteiger partial charge < -0.3 is 24.5 Å². The van der Waals surface area contributed by atoms with Gasteiger partial charge in [0.15, 0.2) is 5.96 Å². The Balaban J connectivity index is 1.66. The predicted molar refractivity (Wildman–Crippen MR) is 106 cm³/mol. The van der Waals surface area contributed by atoms with Crippen LogP contribution in [0.15, 0.2) is 33.7 Å². The van der Waals surface area contributed by atoms with E-state index in [1.54, 1.807) is 7.11 Å². The SMILES string of the molecule is CCNC(=NCc1nc(C)c(C)o1)NCCCOCc1ccc(OC)cc1. The zero-order chi connectivity index (χ0) is 19.5. The van der Waals surface area contributed by atoms with Crippen LogP contribution in [0, 0.1) is 13.8 Å². The number of guanidine groups is 1. The summed E-state index contributed by atoms with van der Waals surface area (Å²) < 4.78 is 16.4. The minimum atomic E-state index is 0.415. The molecule has 0 aliphatic rings. The molecule has 0 saturated carbocycles. The van der Waals surface area contributed by atoms with Crippen LogP contribution in [-0.4, -0.2) is 37.7 Å². The first-order chi connectivity index (χ1) is 13.1. The summed E-state index contributed by atoms with van der Waals surface area (Å²) in [7, 11) is 1.66. The third kappa shape index (κ3) is 7.30. The first-order valence-electron chi connectivity index (χ1n) is 9.28. The van der Waals surface area contributed by atoms with E-state index in [1.807, 2.05) is 45.0 Å². The zero-order valence-electron chi connectivity index (χ0n) is 16.7. The standard InChI is InChI=1S/C20H30N4O3/c1-5-21-20(23-13-19-24-15(2)16(3)27-19)22-11-6-12-26-14-17-7-9-18(25-4)10-8-17/h7-10H,5-6,11-14H2,1-4H3,(H2,21,22,23). The van der Waals surface area contributed by atoms with Crippen LogP contribution in [0.4, 0.5) is 0 Å². The van der Waals surface area contributed by atoms with E-state index < -0.39 is 0 Å². The summed E-state index contributed by atoms with van der Waals surface area (Å²) >= 11 is 0. The molecule has 0 spiro atoms. The molecule has 0 atom stereocenters. The number of rotatable bonds is 10. The number of hydrogen-bond donors (Lipinski definition) is 2. The second kappa shape index (κ2) is 11.2. The van der Waals surface area contributed by atoms with E-state index in [0.29, 0.717) is 25.6 Å². The van der Waals surface area contributed by atoms with Crippen LogP contribution < -0.4 is 15.4 Å². The fourth-order valence-corrected chi connectivity index (χ4v) is 2.39. The van der Waals surface area contributed by atoms with Gasteiger partial charge in [-0.3, -0.25) is 0 Å². The maximum absolute atomic E-state index is 5.71. The number of nitrogens with one attached hydrogen (secondary N) is 2. The molecule has 0 radical (unpaired) electrons. The molecule has 1 heterocycles. The van der Waals surface area contributed by atoms with E-state index in [1.165, 1.54) is 0 Å². The van der Waals surface area contributed by atoms with Crippen LogP contribution in [0.2, 0.25) is 0 Å². The summed E-state index contributed by atoms with van der Waals surface area (Å²) in [6, 6.07) is 7.91.